The maximum atomic E-state index is 9.83. The van der Waals surface area contributed by atoms with Gasteiger partial charge in [0.25, 0.3) is 0 Å². The Morgan fingerprint density at radius 2 is 1.22 bits per heavy atom. The van der Waals surface area contributed by atoms with Gasteiger partial charge in [-0.1, -0.05) is 0 Å². The predicted molar refractivity (Wildman–Crippen MR) is 27.5 cm³/mol. The molecule has 0 aliphatic heterocycles. The molecule has 0 aromatic carbocycles. The van der Waals surface area contributed by atoms with Crippen molar-refractivity contribution >= 4 is 11.8 Å². The van der Waals surface area contributed by atoms with Crippen LogP contribution in [0.3, 0.4) is 0 Å². The van der Waals surface area contributed by atoms with Crippen LogP contribution in [0.5, 0.6) is 0 Å². The van der Waals surface area contributed by atoms with Crippen molar-refractivity contribution in [1.29, 1.82) is 0 Å². The van der Waals surface area contributed by atoms with Crippen molar-refractivity contribution in [3.63, 3.8) is 0 Å². The van der Waals surface area contributed by atoms with E-state index in [1.807, 2.05) is 0 Å². The van der Waals surface area contributed by atoms with Gasteiger partial charge < -0.3 is 11.5 Å². The smallest absolute Gasteiger partial charge is 0.241 e. The molecule has 0 saturated carbocycles. The molecule has 0 bridgehead atoms. The largest absolute Gasteiger partial charge is 0.366 e. The summed E-state index contributed by atoms with van der Waals surface area (Å²) in [5, 5.41) is 0. The summed E-state index contributed by atoms with van der Waals surface area (Å²) in [5.41, 5.74) is 9.21. The van der Waals surface area contributed by atoms with Gasteiger partial charge in [0, 0.05) is 31.6 Å². The molecule has 5 heteroatoms. The number of nitrogens with two attached hydrogens (primary N) is 2. The number of rotatable bonds is 2. The average molecular weight is 179 g/mol. The first-order valence-electron chi connectivity index (χ1n) is 1.90. The second-order valence-corrected chi connectivity index (χ2v) is 1.14. The van der Waals surface area contributed by atoms with Crippen LogP contribution in [0, 0.1) is 0 Å². The van der Waals surface area contributed by atoms with E-state index < -0.39 is 11.8 Å². The summed E-state index contributed by atoms with van der Waals surface area (Å²) in [6.07, 6.45) is 1.81. The quantitative estimate of drug-likeness (QED) is 0.400. The number of amides is 2. The fraction of sp³-hybridized carbons (Fsp3) is 0. The first-order valence-corrected chi connectivity index (χ1v) is 1.90. The fourth-order valence-corrected chi connectivity index (χ4v) is 0.164. The molecule has 0 aromatic heterocycles. The predicted octanol–water partition coefficient (Wildman–Crippen LogP) is -1.49. The molecular weight excluding hydrogens is 173 g/mol. The Labute approximate surface area is 65.0 Å². The molecule has 0 rings (SSSR count). The Bertz CT molecular complexity index is 128. The minimum Gasteiger partial charge on any atom is -0.366 e. The monoisotopic (exact) mass is 178 g/mol. The summed E-state index contributed by atoms with van der Waals surface area (Å²) in [4.78, 5) is 19.7. The molecule has 0 heterocycles. The van der Waals surface area contributed by atoms with Gasteiger partial charge in [0.05, 0.1) is 0 Å². The molecule has 0 radical (unpaired) electrons. The molecule has 4 nitrogen and oxygen atoms in total. The summed E-state index contributed by atoms with van der Waals surface area (Å²) >= 11 is 0. The number of hydrogen-bond acceptors (Lipinski definition) is 2. The standard InChI is InChI=1S/C4H6N2O2.Zn/c5-3(7)1-2-4(6)8;/h1-2H,(H2,5,7)(H2,6,8);/b2-1-;. The third kappa shape index (κ3) is 11.1. The molecule has 4 N–H and O–H groups in total. The summed E-state index contributed by atoms with van der Waals surface area (Å²) in [6.45, 7) is 0. The van der Waals surface area contributed by atoms with Crippen molar-refractivity contribution in [2.45, 2.75) is 0 Å². The fourth-order valence-electron chi connectivity index (χ4n) is 0.164. The molecule has 9 heavy (non-hydrogen) atoms. The van der Waals surface area contributed by atoms with Gasteiger partial charge in [0.1, 0.15) is 0 Å². The zero-order chi connectivity index (χ0) is 6.57. The normalized spacial score (nSPS) is 8.44. The maximum absolute atomic E-state index is 9.83. The van der Waals surface area contributed by atoms with Crippen LogP contribution >= 0.6 is 0 Å². The van der Waals surface area contributed by atoms with Gasteiger partial charge >= 0.3 is 0 Å². The van der Waals surface area contributed by atoms with Gasteiger partial charge in [-0.3, -0.25) is 9.59 Å². The zero-order valence-electron chi connectivity index (χ0n) is 4.83. The van der Waals surface area contributed by atoms with E-state index in [9.17, 15) is 9.59 Å². The van der Waals surface area contributed by atoms with Crippen LogP contribution in [0.15, 0.2) is 12.2 Å². The summed E-state index contributed by atoms with van der Waals surface area (Å²) in [7, 11) is 0. The minimum absolute atomic E-state index is 0. The van der Waals surface area contributed by atoms with E-state index in [2.05, 4.69) is 11.5 Å². The van der Waals surface area contributed by atoms with E-state index in [-0.39, 0.29) is 19.5 Å². The van der Waals surface area contributed by atoms with E-state index in [0.717, 1.165) is 12.2 Å². The molecule has 0 saturated heterocycles. The molecule has 0 aliphatic rings. The second kappa shape index (κ2) is 5.44. The molecular formula is C4H6N2O2Zn. The molecule has 0 spiro atoms. The Hall–Kier alpha value is -0.697. The third-order valence-electron chi connectivity index (χ3n) is 0.412. The average Bonchev–Trinajstić information content (AvgIpc) is 1.61. The molecule has 0 aliphatic carbocycles. The minimum atomic E-state index is -0.677. The Morgan fingerprint density at radius 1 is 1.00 bits per heavy atom. The van der Waals surface area contributed by atoms with E-state index in [1.165, 1.54) is 0 Å². The first kappa shape index (κ1) is 11.1. The summed E-state index contributed by atoms with van der Waals surface area (Å²) in [6, 6.07) is 0. The van der Waals surface area contributed by atoms with Crippen molar-refractivity contribution in [3.05, 3.63) is 12.2 Å². The zero-order valence-corrected chi connectivity index (χ0v) is 7.80. The van der Waals surface area contributed by atoms with E-state index in [1.54, 1.807) is 0 Å². The maximum Gasteiger partial charge on any atom is 0.241 e. The van der Waals surface area contributed by atoms with Gasteiger partial charge in [0.15, 0.2) is 0 Å². The summed E-state index contributed by atoms with van der Waals surface area (Å²) in [5.74, 6) is -1.35. The molecule has 0 aromatic rings. The van der Waals surface area contributed by atoms with Crippen LogP contribution in [-0.4, -0.2) is 11.8 Å². The van der Waals surface area contributed by atoms with Crippen LogP contribution in [0.2, 0.25) is 0 Å². The SMILES string of the molecule is NC(=O)/C=C\C(N)=O.[Zn]. The van der Waals surface area contributed by atoms with Gasteiger partial charge in [0.2, 0.25) is 11.8 Å². The van der Waals surface area contributed by atoms with Crippen LogP contribution in [0.25, 0.3) is 0 Å². The van der Waals surface area contributed by atoms with E-state index in [0.29, 0.717) is 0 Å². The third-order valence-corrected chi connectivity index (χ3v) is 0.412. The number of hydrogen-bond donors (Lipinski definition) is 2. The van der Waals surface area contributed by atoms with Crippen LogP contribution in [0.1, 0.15) is 0 Å². The Kier molecular flexibility index (Phi) is 6.74. The summed E-state index contributed by atoms with van der Waals surface area (Å²) < 4.78 is 0. The first-order chi connectivity index (χ1) is 3.63. The number of carbonyl (C=O) groups is 2. The topological polar surface area (TPSA) is 86.2 Å². The molecule has 0 unspecified atom stereocenters. The van der Waals surface area contributed by atoms with E-state index in [4.69, 9.17) is 0 Å². The second-order valence-electron chi connectivity index (χ2n) is 1.14. The van der Waals surface area contributed by atoms with Crippen LogP contribution in [-0.2, 0) is 29.1 Å². The Morgan fingerprint density at radius 3 is 1.33 bits per heavy atom. The van der Waals surface area contributed by atoms with Gasteiger partial charge in [-0.05, 0) is 0 Å². The number of carbonyl (C=O) groups excluding carboxylic acids is 2. The van der Waals surface area contributed by atoms with Crippen molar-refractivity contribution < 1.29 is 29.1 Å². The van der Waals surface area contributed by atoms with Gasteiger partial charge in [-0.15, -0.1) is 0 Å². The van der Waals surface area contributed by atoms with Crippen LogP contribution in [0.4, 0.5) is 0 Å². The van der Waals surface area contributed by atoms with E-state index >= 15 is 0 Å². The van der Waals surface area contributed by atoms with Crippen LogP contribution < -0.4 is 11.5 Å². The van der Waals surface area contributed by atoms with Crippen molar-refractivity contribution in [3.8, 4) is 0 Å². The molecule has 0 atom stereocenters. The molecule has 2 amide bonds. The van der Waals surface area contributed by atoms with Crippen molar-refractivity contribution in [1.82, 2.24) is 0 Å². The molecule has 0 fully saturated rings. The van der Waals surface area contributed by atoms with Crippen molar-refractivity contribution in [2.24, 2.45) is 11.5 Å². The van der Waals surface area contributed by atoms with Gasteiger partial charge in [-0.25, -0.2) is 0 Å². The molecule has 46 valence electrons. The van der Waals surface area contributed by atoms with Gasteiger partial charge in [-0.2, -0.15) is 0 Å². The van der Waals surface area contributed by atoms with Crippen molar-refractivity contribution in [2.75, 3.05) is 0 Å². The number of primary amides is 2. The Balaban J connectivity index is 0.